The molecule has 0 unspecified atom stereocenters. The second-order valence-corrected chi connectivity index (χ2v) is 12.2. The number of thiazole rings is 1. The van der Waals surface area contributed by atoms with Gasteiger partial charge in [0.25, 0.3) is 5.91 Å². The van der Waals surface area contributed by atoms with Crippen molar-refractivity contribution in [1.82, 2.24) is 14.8 Å². The van der Waals surface area contributed by atoms with Gasteiger partial charge in [-0.05, 0) is 68.7 Å². The number of aromatic nitrogens is 1. The molecular formula is C29H35Br2N3O4S. The number of rotatable bonds is 8. The molecule has 39 heavy (non-hydrogen) atoms. The lowest BCUT2D eigenvalue weighted by atomic mass is 9.90. The maximum atomic E-state index is 13.3. The van der Waals surface area contributed by atoms with Crippen LogP contribution in [-0.4, -0.2) is 78.3 Å². The average molecular weight is 681 g/mol. The van der Waals surface area contributed by atoms with E-state index in [1.807, 2.05) is 16.3 Å². The Kier molecular flexibility index (Phi) is 10.8. The van der Waals surface area contributed by atoms with Crippen LogP contribution in [0.1, 0.15) is 35.6 Å². The van der Waals surface area contributed by atoms with Crippen LogP contribution >= 0.6 is 43.2 Å². The number of phenolic OH excluding ortho intramolecular Hbond substituents is 1. The molecule has 1 amide bonds. The Bertz CT molecular complexity index is 1240. The number of hydrogen-bond acceptors (Lipinski definition) is 7. The molecule has 2 aromatic carbocycles. The molecule has 2 fully saturated rings. The molecule has 2 saturated heterocycles. The van der Waals surface area contributed by atoms with E-state index in [9.17, 15) is 9.90 Å². The highest BCUT2D eigenvalue weighted by Gasteiger charge is 2.27. The molecule has 0 spiro atoms. The first kappa shape index (κ1) is 30.0. The monoisotopic (exact) mass is 679 g/mol. The molecule has 1 N–H and O–H groups in total. The van der Waals surface area contributed by atoms with Crippen molar-refractivity contribution in [2.75, 3.05) is 52.5 Å². The lowest BCUT2D eigenvalue weighted by Crippen LogP contribution is -2.38. The fourth-order valence-corrected chi connectivity index (χ4v) is 6.96. The summed E-state index contributed by atoms with van der Waals surface area (Å²) in [6, 6.07) is 12.4. The zero-order chi connectivity index (χ0) is 26.5. The van der Waals surface area contributed by atoms with E-state index in [1.54, 1.807) is 6.07 Å². The highest BCUT2D eigenvalue weighted by molar-refractivity contribution is 9.11. The Morgan fingerprint density at radius 1 is 1.13 bits per heavy atom. The molecule has 7 nitrogen and oxygen atoms in total. The Hall–Kier alpha value is -1.98. The van der Waals surface area contributed by atoms with Gasteiger partial charge in [0.05, 0.1) is 23.4 Å². The van der Waals surface area contributed by atoms with E-state index < -0.39 is 0 Å². The third-order valence-electron chi connectivity index (χ3n) is 7.14. The van der Waals surface area contributed by atoms with Crippen molar-refractivity contribution in [3.05, 3.63) is 61.3 Å². The molecule has 5 rings (SSSR count). The summed E-state index contributed by atoms with van der Waals surface area (Å²) in [5, 5.41) is 12.9. The summed E-state index contributed by atoms with van der Waals surface area (Å²) >= 11 is 8.27. The summed E-state index contributed by atoms with van der Waals surface area (Å²) < 4.78 is 12.6. The van der Waals surface area contributed by atoms with Gasteiger partial charge in [-0.1, -0.05) is 37.8 Å². The van der Waals surface area contributed by atoms with Crippen molar-refractivity contribution < 1.29 is 19.4 Å². The van der Waals surface area contributed by atoms with Crippen LogP contribution in [-0.2, 0) is 11.2 Å². The smallest absolute Gasteiger partial charge is 0.282 e. The fourth-order valence-electron chi connectivity index (χ4n) is 4.94. The largest absolute Gasteiger partial charge is 0.505 e. The SMILES string of the molecule is C.O=C(c1nc(-c2cc(Br)c(O)c(Br)c2OCCN2CCOCC2)cs1)N1CCC(Cc2ccccc2)CC1. The van der Waals surface area contributed by atoms with E-state index >= 15 is 0 Å². The van der Waals surface area contributed by atoms with E-state index in [0.29, 0.717) is 37.9 Å². The van der Waals surface area contributed by atoms with Crippen LogP contribution in [0.3, 0.4) is 0 Å². The third-order valence-corrected chi connectivity index (χ3v) is 9.31. The van der Waals surface area contributed by atoms with Gasteiger partial charge in [0.1, 0.15) is 22.6 Å². The molecule has 3 heterocycles. The number of ether oxygens (including phenoxy) is 2. The molecule has 0 radical (unpaired) electrons. The number of carbonyl (C=O) groups excluding carboxylic acids is 1. The average Bonchev–Trinajstić information content (AvgIpc) is 3.44. The number of morpholine rings is 1. The molecule has 210 valence electrons. The zero-order valence-corrected chi connectivity index (χ0v) is 25.1. The summed E-state index contributed by atoms with van der Waals surface area (Å²) in [7, 11) is 0. The first-order valence-corrected chi connectivity index (χ1v) is 15.4. The normalized spacial score (nSPS) is 16.6. The summed E-state index contributed by atoms with van der Waals surface area (Å²) in [5.41, 5.74) is 2.73. The van der Waals surface area contributed by atoms with Crippen molar-refractivity contribution >= 4 is 49.1 Å². The van der Waals surface area contributed by atoms with Crippen LogP contribution in [0.15, 0.2) is 50.7 Å². The molecule has 0 aliphatic carbocycles. The molecule has 0 bridgehead atoms. The van der Waals surface area contributed by atoms with Crippen LogP contribution in [0.2, 0.25) is 0 Å². The Morgan fingerprint density at radius 2 is 1.85 bits per heavy atom. The predicted molar refractivity (Wildman–Crippen MR) is 163 cm³/mol. The van der Waals surface area contributed by atoms with Gasteiger partial charge in [-0.3, -0.25) is 9.69 Å². The van der Waals surface area contributed by atoms with Crippen LogP contribution in [0.4, 0.5) is 0 Å². The number of halogens is 2. The van der Waals surface area contributed by atoms with Crippen LogP contribution < -0.4 is 4.74 Å². The van der Waals surface area contributed by atoms with Crippen molar-refractivity contribution in [2.45, 2.75) is 26.7 Å². The summed E-state index contributed by atoms with van der Waals surface area (Å²) in [6.45, 7) is 5.93. The van der Waals surface area contributed by atoms with Crippen LogP contribution in [0, 0.1) is 5.92 Å². The number of likely N-dealkylation sites (tertiary alicyclic amines) is 1. The van der Waals surface area contributed by atoms with Gasteiger partial charge in [0, 0.05) is 43.7 Å². The standard InChI is InChI=1S/C28H31Br2N3O4S.CH4/c29-22-17-21(26(24(30)25(22)34)37-15-12-32-10-13-36-14-11-32)23-18-38-27(31-23)28(35)33-8-6-20(7-9-33)16-19-4-2-1-3-5-19;/h1-5,17-18,20,34H,6-16H2;1H4. The van der Waals surface area contributed by atoms with Gasteiger partial charge in [0.15, 0.2) is 5.01 Å². The minimum absolute atomic E-state index is 0. The number of piperidine rings is 1. The van der Waals surface area contributed by atoms with Gasteiger partial charge >= 0.3 is 0 Å². The third kappa shape index (κ3) is 7.41. The van der Waals surface area contributed by atoms with Crippen LogP contribution in [0.25, 0.3) is 11.3 Å². The maximum Gasteiger partial charge on any atom is 0.282 e. The van der Waals surface area contributed by atoms with E-state index in [2.05, 4.69) is 61.0 Å². The topological polar surface area (TPSA) is 75.1 Å². The summed E-state index contributed by atoms with van der Waals surface area (Å²) in [4.78, 5) is 22.2. The number of nitrogens with zero attached hydrogens (tertiary/aromatic N) is 3. The van der Waals surface area contributed by atoms with Gasteiger partial charge in [-0.25, -0.2) is 4.98 Å². The number of aromatic hydroxyl groups is 1. The second-order valence-electron chi connectivity index (χ2n) is 9.66. The van der Waals surface area contributed by atoms with E-state index in [1.165, 1.54) is 16.9 Å². The Balaban J connectivity index is 0.00000353. The van der Waals surface area contributed by atoms with Crippen molar-refractivity contribution in [1.29, 1.82) is 0 Å². The van der Waals surface area contributed by atoms with E-state index in [0.717, 1.165) is 70.8 Å². The van der Waals surface area contributed by atoms with Crippen molar-refractivity contribution in [2.24, 2.45) is 5.92 Å². The minimum atomic E-state index is -0.0221. The molecule has 0 saturated carbocycles. The molecular weight excluding hydrogens is 646 g/mol. The molecule has 0 atom stereocenters. The first-order valence-electron chi connectivity index (χ1n) is 12.9. The predicted octanol–water partition coefficient (Wildman–Crippen LogP) is 6.48. The molecule has 2 aliphatic heterocycles. The van der Waals surface area contributed by atoms with Gasteiger partial charge in [0.2, 0.25) is 0 Å². The number of amides is 1. The van der Waals surface area contributed by atoms with E-state index in [-0.39, 0.29) is 19.1 Å². The van der Waals surface area contributed by atoms with Crippen LogP contribution in [0.5, 0.6) is 11.5 Å². The lowest BCUT2D eigenvalue weighted by molar-refractivity contribution is 0.0322. The van der Waals surface area contributed by atoms with Gasteiger partial charge in [-0.15, -0.1) is 11.3 Å². The maximum absolute atomic E-state index is 13.3. The van der Waals surface area contributed by atoms with E-state index in [4.69, 9.17) is 14.5 Å². The highest BCUT2D eigenvalue weighted by Crippen LogP contribution is 2.46. The second kappa shape index (κ2) is 14.1. The molecule has 10 heteroatoms. The Morgan fingerprint density at radius 3 is 2.56 bits per heavy atom. The number of phenols is 1. The molecule has 2 aliphatic rings. The zero-order valence-electron chi connectivity index (χ0n) is 21.1. The number of carbonyl (C=O) groups is 1. The lowest BCUT2D eigenvalue weighted by Gasteiger charge is -2.31. The summed E-state index contributed by atoms with van der Waals surface area (Å²) in [6.07, 6.45) is 3.05. The molecule has 1 aromatic heterocycles. The number of benzene rings is 2. The minimum Gasteiger partial charge on any atom is -0.505 e. The quantitative estimate of drug-likeness (QED) is 0.294. The van der Waals surface area contributed by atoms with Crippen molar-refractivity contribution in [3.8, 4) is 22.8 Å². The van der Waals surface area contributed by atoms with Gasteiger partial charge < -0.3 is 19.5 Å². The van der Waals surface area contributed by atoms with Gasteiger partial charge in [-0.2, -0.15) is 0 Å². The van der Waals surface area contributed by atoms with Crippen molar-refractivity contribution in [3.63, 3.8) is 0 Å². The fraction of sp³-hybridized carbons (Fsp3) is 0.448. The highest BCUT2D eigenvalue weighted by atomic mass is 79.9. The first-order chi connectivity index (χ1) is 18.5. The molecule has 3 aromatic rings. The Labute approximate surface area is 251 Å². The number of hydrogen-bond donors (Lipinski definition) is 1. The summed E-state index contributed by atoms with van der Waals surface area (Å²) in [5.74, 6) is 1.16.